The van der Waals surface area contributed by atoms with Crippen molar-refractivity contribution >= 4 is 42.5 Å². The average Bonchev–Trinajstić information content (AvgIpc) is 3.02. The average molecular weight is 524 g/mol. The molecule has 0 bridgehead atoms. The van der Waals surface area contributed by atoms with Gasteiger partial charge in [-0.2, -0.15) is 8.78 Å². The van der Waals surface area contributed by atoms with Gasteiger partial charge >= 0.3 is 12.6 Å². The lowest BCUT2D eigenvalue weighted by atomic mass is 10.1. The van der Waals surface area contributed by atoms with Crippen molar-refractivity contribution < 1.29 is 32.6 Å². The molecule has 1 heterocycles. The number of hydrogen-bond acceptors (Lipinski definition) is 5. The lowest BCUT2D eigenvalue weighted by molar-refractivity contribution is -0.142. The molecular weight excluding hydrogens is 496 g/mol. The molecule has 2 aromatic carbocycles. The first-order valence-electron chi connectivity index (χ1n) is 11.0. The summed E-state index contributed by atoms with van der Waals surface area (Å²) in [5, 5.41) is 0.938. The first-order valence-corrected chi connectivity index (χ1v) is 15.1. The van der Waals surface area contributed by atoms with Crippen LogP contribution in [0.15, 0.2) is 36.4 Å². The Kier molecular flexibility index (Phi) is 8.22. The van der Waals surface area contributed by atoms with E-state index < -0.39 is 20.6 Å². The van der Waals surface area contributed by atoms with E-state index in [0.29, 0.717) is 39.5 Å². The third kappa shape index (κ3) is 6.40. The molecule has 0 fully saturated rings. The van der Waals surface area contributed by atoms with Gasteiger partial charge in [-0.1, -0.05) is 31.2 Å². The summed E-state index contributed by atoms with van der Waals surface area (Å²) in [6.07, 6.45) is -0.0275. The van der Waals surface area contributed by atoms with Gasteiger partial charge in [0.05, 0.1) is 30.7 Å². The monoisotopic (exact) mass is 523 g/mol. The Morgan fingerprint density at radius 1 is 1.11 bits per heavy atom. The van der Waals surface area contributed by atoms with Crippen LogP contribution < -0.4 is 9.47 Å². The summed E-state index contributed by atoms with van der Waals surface area (Å²) in [5.74, 6) is -0.443. The highest BCUT2D eigenvalue weighted by Gasteiger charge is 2.24. The van der Waals surface area contributed by atoms with E-state index in [9.17, 15) is 18.4 Å². The molecule has 3 aromatic rings. The predicted molar refractivity (Wildman–Crippen MR) is 134 cm³/mol. The van der Waals surface area contributed by atoms with Gasteiger partial charge in [-0.15, -0.1) is 0 Å². The van der Waals surface area contributed by atoms with Crippen molar-refractivity contribution in [2.24, 2.45) is 0 Å². The largest absolute Gasteiger partial charge is 0.495 e. The van der Waals surface area contributed by atoms with Crippen LogP contribution >= 0.6 is 11.6 Å². The lowest BCUT2D eigenvalue weighted by Crippen LogP contribution is -2.23. The van der Waals surface area contributed by atoms with Crippen LogP contribution in [0.2, 0.25) is 30.7 Å². The second kappa shape index (κ2) is 10.8. The second-order valence-corrected chi connectivity index (χ2v) is 15.3. The molecule has 188 valence electrons. The number of benzene rings is 2. The molecule has 0 aliphatic heterocycles. The number of rotatable bonds is 9. The fourth-order valence-electron chi connectivity index (χ4n) is 3.70. The molecule has 0 aliphatic rings. The third-order valence-electron chi connectivity index (χ3n) is 5.57. The molecule has 0 amide bonds. The van der Waals surface area contributed by atoms with Gasteiger partial charge in [0.2, 0.25) is 0 Å². The van der Waals surface area contributed by atoms with Crippen molar-refractivity contribution in [3.63, 3.8) is 0 Å². The Balaban J connectivity index is 2.00. The zero-order chi connectivity index (χ0) is 25.9. The van der Waals surface area contributed by atoms with Crippen LogP contribution in [0.5, 0.6) is 11.5 Å². The van der Waals surface area contributed by atoms with Crippen LogP contribution in [0.4, 0.5) is 8.78 Å². The second-order valence-electron chi connectivity index (χ2n) is 9.32. The molecule has 0 spiro atoms. The summed E-state index contributed by atoms with van der Waals surface area (Å²) < 4.78 is 41.6. The zero-order valence-corrected chi connectivity index (χ0v) is 22.0. The van der Waals surface area contributed by atoms with Crippen LogP contribution in [0.25, 0.3) is 10.9 Å². The molecule has 0 atom stereocenters. The standard InChI is InChI=1S/C25H28ClF2NO5Si/c1-15-18(13-23(30)33-10-11-35(3,4)5)19-12-22(32-2)20(26)14-21(19)29(15)24(31)16-6-8-17(9-7-16)34-25(27)28/h6-9,12,14,25H,10-11,13H2,1-5H3. The van der Waals surface area contributed by atoms with Gasteiger partial charge in [0.25, 0.3) is 5.91 Å². The molecule has 1 aromatic heterocycles. The molecule has 10 heteroatoms. The maximum absolute atomic E-state index is 13.4. The van der Waals surface area contributed by atoms with E-state index in [1.165, 1.54) is 35.9 Å². The Morgan fingerprint density at radius 2 is 1.77 bits per heavy atom. The number of halogens is 3. The minimum absolute atomic E-state index is 0.0275. The number of carbonyl (C=O) groups excluding carboxylic acids is 2. The number of fused-ring (bicyclic) bond motifs is 1. The van der Waals surface area contributed by atoms with Gasteiger partial charge in [0.15, 0.2) is 0 Å². The van der Waals surface area contributed by atoms with Gasteiger partial charge in [-0.25, -0.2) is 0 Å². The normalized spacial score (nSPS) is 11.7. The van der Waals surface area contributed by atoms with Gasteiger partial charge in [-0.05, 0) is 54.9 Å². The van der Waals surface area contributed by atoms with E-state index in [1.54, 1.807) is 19.1 Å². The van der Waals surface area contributed by atoms with Crippen molar-refractivity contribution in [3.05, 3.63) is 58.2 Å². The Labute approximate surface area is 208 Å². The number of methoxy groups -OCH3 is 1. The lowest BCUT2D eigenvalue weighted by Gasteiger charge is -2.15. The van der Waals surface area contributed by atoms with Crippen LogP contribution in [-0.4, -0.2) is 44.8 Å². The number of aromatic nitrogens is 1. The van der Waals surface area contributed by atoms with E-state index in [4.69, 9.17) is 21.1 Å². The van der Waals surface area contributed by atoms with E-state index >= 15 is 0 Å². The summed E-state index contributed by atoms with van der Waals surface area (Å²) >= 11 is 6.35. The van der Waals surface area contributed by atoms with Gasteiger partial charge < -0.3 is 14.2 Å². The topological polar surface area (TPSA) is 66.8 Å². The van der Waals surface area contributed by atoms with E-state index in [2.05, 4.69) is 24.4 Å². The minimum atomic E-state index is -2.96. The predicted octanol–water partition coefficient (Wildman–Crippen LogP) is 6.33. The highest BCUT2D eigenvalue weighted by Crippen LogP contribution is 2.35. The smallest absolute Gasteiger partial charge is 0.387 e. The number of ether oxygens (including phenoxy) is 3. The number of esters is 1. The Hall–Kier alpha value is -2.91. The molecule has 0 N–H and O–H groups in total. The molecule has 0 unspecified atom stereocenters. The van der Waals surface area contributed by atoms with Crippen molar-refractivity contribution in [1.29, 1.82) is 0 Å². The fourth-order valence-corrected chi connectivity index (χ4v) is 4.65. The van der Waals surface area contributed by atoms with Gasteiger partial charge in [0, 0.05) is 24.7 Å². The zero-order valence-electron chi connectivity index (χ0n) is 20.3. The fraction of sp³-hybridized carbons (Fsp3) is 0.360. The third-order valence-corrected chi connectivity index (χ3v) is 7.57. The summed E-state index contributed by atoms with van der Waals surface area (Å²) in [4.78, 5) is 26.1. The van der Waals surface area contributed by atoms with Crippen molar-refractivity contribution in [1.82, 2.24) is 4.57 Å². The summed E-state index contributed by atoms with van der Waals surface area (Å²) in [6.45, 7) is 5.73. The highest BCUT2D eigenvalue weighted by molar-refractivity contribution is 6.76. The number of nitrogens with zero attached hydrogens (tertiary/aromatic N) is 1. The molecule has 0 saturated heterocycles. The SMILES string of the molecule is COc1cc2c(CC(=O)OCC[Si](C)(C)C)c(C)n(C(=O)c3ccc(OC(F)F)cc3)c2cc1Cl. The minimum Gasteiger partial charge on any atom is -0.495 e. The summed E-state index contributed by atoms with van der Waals surface area (Å²) in [5.41, 5.74) is 1.92. The molecule has 35 heavy (non-hydrogen) atoms. The van der Waals surface area contributed by atoms with Crippen molar-refractivity contribution in [3.8, 4) is 11.5 Å². The molecule has 3 rings (SSSR count). The Bertz CT molecular complexity index is 1240. The van der Waals surface area contributed by atoms with Crippen LogP contribution in [-0.2, 0) is 16.0 Å². The van der Waals surface area contributed by atoms with E-state index in [1.807, 2.05) is 0 Å². The highest BCUT2D eigenvalue weighted by atomic mass is 35.5. The van der Waals surface area contributed by atoms with Gasteiger partial charge in [0.1, 0.15) is 11.5 Å². The van der Waals surface area contributed by atoms with Crippen LogP contribution in [0, 0.1) is 6.92 Å². The van der Waals surface area contributed by atoms with E-state index in [0.717, 1.165) is 6.04 Å². The van der Waals surface area contributed by atoms with Crippen molar-refractivity contribution in [2.75, 3.05) is 13.7 Å². The first-order chi connectivity index (χ1) is 16.4. The summed E-state index contributed by atoms with van der Waals surface area (Å²) in [7, 11) is 0.123. The van der Waals surface area contributed by atoms with E-state index in [-0.39, 0.29) is 23.7 Å². The van der Waals surface area contributed by atoms with Crippen LogP contribution in [0.3, 0.4) is 0 Å². The van der Waals surface area contributed by atoms with Crippen molar-refractivity contribution in [2.45, 2.75) is 45.6 Å². The molecule has 0 saturated carbocycles. The molecule has 0 radical (unpaired) electrons. The Morgan fingerprint density at radius 3 is 2.34 bits per heavy atom. The number of carbonyl (C=O) groups is 2. The molecule has 0 aliphatic carbocycles. The van der Waals surface area contributed by atoms with Crippen LogP contribution in [0.1, 0.15) is 21.6 Å². The maximum atomic E-state index is 13.4. The quantitative estimate of drug-likeness (QED) is 0.242. The molecule has 6 nitrogen and oxygen atoms in total. The molecular formula is C25H28ClF2NO5Si. The maximum Gasteiger partial charge on any atom is 0.387 e. The summed E-state index contributed by atoms with van der Waals surface area (Å²) in [6, 6.07) is 9.56. The first kappa shape index (κ1) is 26.7. The number of alkyl halides is 2. The van der Waals surface area contributed by atoms with Gasteiger partial charge in [-0.3, -0.25) is 14.2 Å². The number of hydrogen-bond donors (Lipinski definition) is 0.